The van der Waals surface area contributed by atoms with E-state index < -0.39 is 6.29 Å². The number of carbonyl (C=O) groups is 1. The average molecular weight is 266 g/mol. The summed E-state index contributed by atoms with van der Waals surface area (Å²) in [5.74, 6) is 0.789. The van der Waals surface area contributed by atoms with Crippen molar-refractivity contribution in [1.29, 1.82) is 0 Å². The van der Waals surface area contributed by atoms with Gasteiger partial charge in [-0.2, -0.15) is 18.2 Å². The number of benzene rings is 1. The van der Waals surface area contributed by atoms with Crippen molar-refractivity contribution in [2.75, 3.05) is 0 Å². The van der Waals surface area contributed by atoms with Crippen LogP contribution in [-0.2, 0) is 48.7 Å². The minimum atomic E-state index is -0.424. The van der Waals surface area contributed by atoms with Crippen molar-refractivity contribution in [2.24, 2.45) is 0 Å². The van der Waals surface area contributed by atoms with Crippen molar-refractivity contribution in [2.45, 2.75) is 19.1 Å². The Morgan fingerprint density at radius 2 is 2.50 bits per heavy atom. The van der Waals surface area contributed by atoms with Gasteiger partial charge in [0.1, 0.15) is 0 Å². The number of fused-ring (bicyclic) bond motifs is 1. The fraction of sp³-hybridized carbons (Fsp3) is 0.300. The first-order valence-corrected chi connectivity index (χ1v) is 4.15. The van der Waals surface area contributed by atoms with Crippen molar-refractivity contribution >= 4 is 6.47 Å². The first-order chi connectivity index (χ1) is 6.40. The van der Waals surface area contributed by atoms with Crippen molar-refractivity contribution in [3.63, 3.8) is 0 Å². The summed E-state index contributed by atoms with van der Waals surface area (Å²) >= 11 is 0. The quantitative estimate of drug-likeness (QED) is 0.598. The number of hydrogen-bond acceptors (Lipinski definition) is 3. The first-order valence-electron chi connectivity index (χ1n) is 4.15. The van der Waals surface area contributed by atoms with Crippen molar-refractivity contribution < 1.29 is 47.0 Å². The topological polar surface area (TPSA) is 35.5 Å². The summed E-state index contributed by atoms with van der Waals surface area (Å²) < 4.78 is 10.1. The number of ether oxygens (including phenoxy) is 2. The van der Waals surface area contributed by atoms with Crippen LogP contribution in [0, 0.1) is 6.07 Å². The van der Waals surface area contributed by atoms with E-state index in [9.17, 15) is 4.79 Å². The molecule has 2 rings (SSSR count). The van der Waals surface area contributed by atoms with E-state index in [1.807, 2.05) is 12.1 Å². The largest absolute Gasteiger partial charge is 0.480 e. The fourth-order valence-corrected chi connectivity index (χ4v) is 1.39. The predicted octanol–water partition coefficient (Wildman–Crippen LogP) is 1.31. The summed E-state index contributed by atoms with van der Waals surface area (Å²) in [7, 11) is 0. The smallest absolute Gasteiger partial charge is 0.296 e. The molecule has 0 aliphatic carbocycles. The van der Waals surface area contributed by atoms with Gasteiger partial charge in [0.05, 0.1) is 0 Å². The molecule has 1 atom stereocenters. The molecular weight excluding hydrogens is 257 g/mol. The molecule has 0 saturated heterocycles. The van der Waals surface area contributed by atoms with E-state index in [1.165, 1.54) is 0 Å². The van der Waals surface area contributed by atoms with Crippen molar-refractivity contribution in [3.05, 3.63) is 29.8 Å². The van der Waals surface area contributed by atoms with Gasteiger partial charge >= 0.3 is 0 Å². The number of carbonyl (C=O) groups excluding carboxylic acids is 1. The van der Waals surface area contributed by atoms with Crippen LogP contribution in [-0.4, -0.2) is 12.8 Å². The second-order valence-corrected chi connectivity index (χ2v) is 2.85. The molecule has 0 saturated carbocycles. The third kappa shape index (κ3) is 2.55. The van der Waals surface area contributed by atoms with E-state index in [4.69, 9.17) is 9.47 Å². The van der Waals surface area contributed by atoms with Crippen LogP contribution in [0.15, 0.2) is 18.2 Å². The molecule has 1 aliphatic heterocycles. The summed E-state index contributed by atoms with van der Waals surface area (Å²) in [5.41, 5.74) is 1.12. The molecule has 1 heterocycles. The molecule has 0 amide bonds. The number of aryl methyl sites for hydroxylation is 1. The molecule has 14 heavy (non-hydrogen) atoms. The minimum Gasteiger partial charge on any atom is -0.480 e. The van der Waals surface area contributed by atoms with E-state index in [2.05, 4.69) is 6.07 Å². The zero-order valence-electron chi connectivity index (χ0n) is 7.60. The maximum atomic E-state index is 10.1. The first kappa shape index (κ1) is 11.7. The molecule has 1 aromatic carbocycles. The second-order valence-electron chi connectivity index (χ2n) is 2.85. The van der Waals surface area contributed by atoms with Crippen LogP contribution in [0.1, 0.15) is 12.0 Å². The monoisotopic (exact) mass is 266 g/mol. The standard InChI is InChI=1S/C10H9O3.Y/c11-7-12-10-6-5-8-3-1-2-4-9(8)13-10;/h2-4,7,10H,5-6H2;/q-1;. The zero-order chi connectivity index (χ0) is 9.10. The summed E-state index contributed by atoms with van der Waals surface area (Å²) in [6, 6.07) is 8.48. The van der Waals surface area contributed by atoms with Crippen molar-refractivity contribution in [3.8, 4) is 5.75 Å². The van der Waals surface area contributed by atoms with Crippen molar-refractivity contribution in [1.82, 2.24) is 0 Å². The Morgan fingerprint density at radius 1 is 1.64 bits per heavy atom. The van der Waals surface area contributed by atoms with E-state index in [0.717, 1.165) is 17.7 Å². The Hall–Kier alpha value is -0.406. The Balaban J connectivity index is 0.000000980. The molecule has 1 aliphatic rings. The minimum absolute atomic E-state index is 0. The fourth-order valence-electron chi connectivity index (χ4n) is 1.39. The third-order valence-electron chi connectivity index (χ3n) is 2.02. The molecule has 1 radical (unpaired) electrons. The van der Waals surface area contributed by atoms with Gasteiger partial charge in [-0.25, -0.2) is 0 Å². The molecular formula is C10H9O3Y-. The van der Waals surface area contributed by atoms with Crippen LogP contribution >= 0.6 is 0 Å². The predicted molar refractivity (Wildman–Crippen MR) is 45.2 cm³/mol. The van der Waals surface area contributed by atoms with Gasteiger partial charge in [-0.15, -0.1) is 11.6 Å². The SMILES string of the molecule is O=COC1CCc2c[c-]ccc2O1.[Y]. The van der Waals surface area contributed by atoms with Crippen LogP contribution in [0.4, 0.5) is 0 Å². The normalized spacial score (nSPS) is 18.4. The molecule has 0 aromatic heterocycles. The van der Waals surface area contributed by atoms with E-state index in [1.54, 1.807) is 6.07 Å². The number of rotatable bonds is 2. The molecule has 0 spiro atoms. The number of hydrogen-bond donors (Lipinski definition) is 0. The third-order valence-corrected chi connectivity index (χ3v) is 2.02. The van der Waals surface area contributed by atoms with Gasteiger partial charge in [0.2, 0.25) is 6.29 Å². The summed E-state index contributed by atoms with van der Waals surface area (Å²) in [4.78, 5) is 10.1. The van der Waals surface area contributed by atoms with E-state index in [0.29, 0.717) is 12.9 Å². The van der Waals surface area contributed by atoms with Crippen LogP contribution in [0.2, 0.25) is 0 Å². The molecule has 0 fully saturated rings. The van der Waals surface area contributed by atoms with Crippen LogP contribution < -0.4 is 4.74 Å². The Bertz CT molecular complexity index is 314. The van der Waals surface area contributed by atoms with Gasteiger partial charge in [-0.05, 0) is 0 Å². The molecule has 1 aromatic rings. The Labute approximate surface area is 108 Å². The van der Waals surface area contributed by atoms with Crippen LogP contribution in [0.3, 0.4) is 0 Å². The van der Waals surface area contributed by atoms with Gasteiger partial charge in [-0.1, -0.05) is 6.42 Å². The molecule has 3 nitrogen and oxygen atoms in total. The van der Waals surface area contributed by atoms with Gasteiger partial charge in [0, 0.05) is 44.9 Å². The molecule has 0 bridgehead atoms. The zero-order valence-corrected chi connectivity index (χ0v) is 10.4. The summed E-state index contributed by atoms with van der Waals surface area (Å²) in [5, 5.41) is 0. The van der Waals surface area contributed by atoms with Gasteiger partial charge in [-0.3, -0.25) is 4.79 Å². The maximum Gasteiger partial charge on any atom is 0.296 e. The molecule has 71 valence electrons. The molecule has 1 unspecified atom stereocenters. The van der Waals surface area contributed by atoms with Gasteiger partial charge in [0.25, 0.3) is 6.47 Å². The van der Waals surface area contributed by atoms with E-state index in [-0.39, 0.29) is 32.7 Å². The molecule has 4 heteroatoms. The van der Waals surface area contributed by atoms with Gasteiger partial charge in [0.15, 0.2) is 0 Å². The second kappa shape index (κ2) is 5.47. The van der Waals surface area contributed by atoms with Crippen LogP contribution in [0.25, 0.3) is 0 Å². The van der Waals surface area contributed by atoms with Crippen LogP contribution in [0.5, 0.6) is 5.75 Å². The van der Waals surface area contributed by atoms with Gasteiger partial charge < -0.3 is 9.47 Å². The Morgan fingerprint density at radius 3 is 3.29 bits per heavy atom. The van der Waals surface area contributed by atoms with E-state index >= 15 is 0 Å². The molecule has 0 N–H and O–H groups in total. The maximum absolute atomic E-state index is 10.1. The Kier molecular flexibility index (Phi) is 4.56. The summed E-state index contributed by atoms with van der Waals surface area (Å²) in [6.45, 7) is 0.421. The average Bonchev–Trinajstić information content (AvgIpc) is 2.18. The summed E-state index contributed by atoms with van der Waals surface area (Å²) in [6.07, 6.45) is 1.15.